The van der Waals surface area contributed by atoms with Gasteiger partial charge >= 0.3 is 0 Å². The van der Waals surface area contributed by atoms with E-state index < -0.39 is 5.54 Å². The average molecular weight is 267 g/mol. The van der Waals surface area contributed by atoms with Crippen LogP contribution in [0.1, 0.15) is 37.3 Å². The van der Waals surface area contributed by atoms with Gasteiger partial charge in [0.05, 0.1) is 6.61 Å². The van der Waals surface area contributed by atoms with Crippen molar-refractivity contribution in [2.75, 3.05) is 12.4 Å². The van der Waals surface area contributed by atoms with Gasteiger partial charge in [0.15, 0.2) is 0 Å². The monoisotopic (exact) mass is 267 g/mol. The second-order valence-corrected chi connectivity index (χ2v) is 6.52. The zero-order valence-electron chi connectivity index (χ0n) is 11.7. The first kappa shape index (κ1) is 15.5. The van der Waals surface area contributed by atoms with Gasteiger partial charge in [-0.05, 0) is 51.0 Å². The number of hydrogen-bond acceptors (Lipinski definition) is 3. The van der Waals surface area contributed by atoms with E-state index in [9.17, 15) is 0 Å². The lowest BCUT2D eigenvalue weighted by Crippen LogP contribution is -2.39. The molecule has 0 saturated heterocycles. The molecule has 0 radical (unpaired) electrons. The van der Waals surface area contributed by atoms with Crippen molar-refractivity contribution in [3.8, 4) is 0 Å². The summed E-state index contributed by atoms with van der Waals surface area (Å²) in [6.07, 6.45) is 3.10. The minimum atomic E-state index is -0.413. The van der Waals surface area contributed by atoms with Gasteiger partial charge in [0.25, 0.3) is 0 Å². The number of aryl methyl sites for hydroxylation is 2. The smallest absolute Gasteiger partial charge is 0.0608 e. The van der Waals surface area contributed by atoms with E-state index in [1.807, 2.05) is 18.7 Å². The van der Waals surface area contributed by atoms with Crippen molar-refractivity contribution < 1.29 is 5.11 Å². The zero-order chi connectivity index (χ0) is 13.6. The van der Waals surface area contributed by atoms with Gasteiger partial charge in [-0.2, -0.15) is 0 Å². The SMILES string of the molecule is Cc1ccc(C)c(SCCCCC(C)(N)CO)c1. The predicted octanol–water partition coefficient (Wildman–Crippen LogP) is 3.28. The van der Waals surface area contributed by atoms with Crippen molar-refractivity contribution in [3.63, 3.8) is 0 Å². The van der Waals surface area contributed by atoms with Crippen molar-refractivity contribution in [2.45, 2.75) is 50.5 Å². The molecule has 102 valence electrons. The van der Waals surface area contributed by atoms with Crippen LogP contribution in [0.3, 0.4) is 0 Å². The molecular weight excluding hydrogens is 242 g/mol. The number of aliphatic hydroxyl groups excluding tert-OH is 1. The number of nitrogens with two attached hydrogens (primary N) is 1. The number of unbranched alkanes of at least 4 members (excludes halogenated alkanes) is 1. The third-order valence-corrected chi connectivity index (χ3v) is 4.35. The van der Waals surface area contributed by atoms with Gasteiger partial charge in [-0.1, -0.05) is 24.1 Å². The third kappa shape index (κ3) is 5.42. The maximum Gasteiger partial charge on any atom is 0.0608 e. The quantitative estimate of drug-likeness (QED) is 0.589. The van der Waals surface area contributed by atoms with Crippen LogP contribution >= 0.6 is 11.8 Å². The van der Waals surface area contributed by atoms with Crippen LogP contribution in [0, 0.1) is 13.8 Å². The van der Waals surface area contributed by atoms with Gasteiger partial charge in [-0.25, -0.2) is 0 Å². The van der Waals surface area contributed by atoms with Crippen LogP contribution in [0.2, 0.25) is 0 Å². The fourth-order valence-corrected chi connectivity index (χ4v) is 2.89. The van der Waals surface area contributed by atoms with E-state index in [-0.39, 0.29) is 6.61 Å². The molecule has 0 aromatic heterocycles. The van der Waals surface area contributed by atoms with Crippen LogP contribution in [-0.4, -0.2) is 23.0 Å². The summed E-state index contributed by atoms with van der Waals surface area (Å²) < 4.78 is 0. The summed E-state index contributed by atoms with van der Waals surface area (Å²) in [6, 6.07) is 6.58. The van der Waals surface area contributed by atoms with Crippen molar-refractivity contribution in [1.82, 2.24) is 0 Å². The Morgan fingerprint density at radius 1 is 1.28 bits per heavy atom. The summed E-state index contributed by atoms with van der Waals surface area (Å²) in [4.78, 5) is 1.38. The van der Waals surface area contributed by atoms with E-state index in [0.29, 0.717) is 0 Å². The van der Waals surface area contributed by atoms with Crippen molar-refractivity contribution in [2.24, 2.45) is 5.73 Å². The molecule has 0 spiro atoms. The molecule has 0 aliphatic carbocycles. The summed E-state index contributed by atoms with van der Waals surface area (Å²) in [5.41, 5.74) is 8.15. The van der Waals surface area contributed by atoms with Gasteiger partial charge in [0, 0.05) is 10.4 Å². The molecule has 0 heterocycles. The lowest BCUT2D eigenvalue weighted by Gasteiger charge is -2.21. The fraction of sp³-hybridized carbons (Fsp3) is 0.600. The van der Waals surface area contributed by atoms with Gasteiger partial charge in [0.2, 0.25) is 0 Å². The Balaban J connectivity index is 2.28. The Bertz CT molecular complexity index is 377. The average Bonchev–Trinajstić information content (AvgIpc) is 2.33. The Hall–Kier alpha value is -0.510. The summed E-state index contributed by atoms with van der Waals surface area (Å²) in [5, 5.41) is 9.07. The van der Waals surface area contributed by atoms with E-state index in [1.54, 1.807) is 0 Å². The first-order chi connectivity index (χ1) is 8.44. The molecule has 1 unspecified atom stereocenters. The molecule has 0 fully saturated rings. The van der Waals surface area contributed by atoms with Crippen LogP contribution < -0.4 is 5.73 Å². The molecule has 3 N–H and O–H groups in total. The second kappa shape index (κ2) is 7.17. The highest BCUT2D eigenvalue weighted by molar-refractivity contribution is 7.99. The number of hydrogen-bond donors (Lipinski definition) is 2. The Morgan fingerprint density at radius 2 is 2.00 bits per heavy atom. The molecule has 1 rings (SSSR count). The zero-order valence-corrected chi connectivity index (χ0v) is 12.5. The maximum atomic E-state index is 9.07. The summed E-state index contributed by atoms with van der Waals surface area (Å²) in [7, 11) is 0. The predicted molar refractivity (Wildman–Crippen MR) is 80.2 cm³/mol. The first-order valence-electron chi connectivity index (χ1n) is 6.54. The number of rotatable bonds is 7. The van der Waals surface area contributed by atoms with Crippen LogP contribution in [-0.2, 0) is 0 Å². The lowest BCUT2D eigenvalue weighted by atomic mass is 9.98. The van der Waals surface area contributed by atoms with Crippen LogP contribution in [0.5, 0.6) is 0 Å². The van der Waals surface area contributed by atoms with E-state index in [0.717, 1.165) is 25.0 Å². The molecule has 0 aliphatic rings. The molecule has 3 heteroatoms. The number of thioether (sulfide) groups is 1. The fourth-order valence-electron chi connectivity index (χ4n) is 1.75. The number of aliphatic hydroxyl groups is 1. The van der Waals surface area contributed by atoms with Gasteiger partial charge in [0.1, 0.15) is 0 Å². The van der Waals surface area contributed by atoms with Crippen LogP contribution in [0.15, 0.2) is 23.1 Å². The summed E-state index contributed by atoms with van der Waals surface area (Å²) in [5.74, 6) is 1.12. The van der Waals surface area contributed by atoms with E-state index in [1.165, 1.54) is 16.0 Å². The van der Waals surface area contributed by atoms with E-state index in [4.69, 9.17) is 10.8 Å². The van der Waals surface area contributed by atoms with Crippen molar-refractivity contribution in [3.05, 3.63) is 29.3 Å². The summed E-state index contributed by atoms with van der Waals surface area (Å²) in [6.45, 7) is 6.26. The van der Waals surface area contributed by atoms with Crippen LogP contribution in [0.4, 0.5) is 0 Å². The Kier molecular flexibility index (Phi) is 6.19. The molecule has 0 bridgehead atoms. The van der Waals surface area contributed by atoms with Crippen molar-refractivity contribution >= 4 is 11.8 Å². The molecule has 0 amide bonds. The van der Waals surface area contributed by atoms with E-state index in [2.05, 4.69) is 32.0 Å². The molecule has 0 aliphatic heterocycles. The molecular formula is C15H25NOS. The van der Waals surface area contributed by atoms with Gasteiger partial charge < -0.3 is 10.8 Å². The highest BCUT2D eigenvalue weighted by Crippen LogP contribution is 2.25. The minimum absolute atomic E-state index is 0.0666. The van der Waals surface area contributed by atoms with Crippen molar-refractivity contribution in [1.29, 1.82) is 0 Å². The van der Waals surface area contributed by atoms with Crippen LogP contribution in [0.25, 0.3) is 0 Å². The Morgan fingerprint density at radius 3 is 2.67 bits per heavy atom. The van der Waals surface area contributed by atoms with E-state index >= 15 is 0 Å². The largest absolute Gasteiger partial charge is 0.394 e. The third-order valence-electron chi connectivity index (χ3n) is 3.10. The topological polar surface area (TPSA) is 46.2 Å². The highest BCUT2D eigenvalue weighted by atomic mass is 32.2. The molecule has 1 atom stereocenters. The molecule has 2 nitrogen and oxygen atoms in total. The Labute approximate surface area is 115 Å². The minimum Gasteiger partial charge on any atom is -0.394 e. The van der Waals surface area contributed by atoms with Gasteiger partial charge in [-0.15, -0.1) is 11.8 Å². The first-order valence-corrected chi connectivity index (χ1v) is 7.53. The number of benzene rings is 1. The summed E-state index contributed by atoms with van der Waals surface area (Å²) >= 11 is 1.92. The standard InChI is InChI=1S/C15H25NOS/c1-12-6-7-13(2)14(10-12)18-9-5-4-8-15(3,16)11-17/h6-7,10,17H,4-5,8-9,11,16H2,1-3H3. The molecule has 18 heavy (non-hydrogen) atoms. The second-order valence-electron chi connectivity index (χ2n) is 5.39. The molecule has 1 aromatic carbocycles. The molecule has 0 saturated carbocycles. The van der Waals surface area contributed by atoms with Gasteiger partial charge in [-0.3, -0.25) is 0 Å². The normalized spacial score (nSPS) is 14.5. The molecule has 1 aromatic rings. The highest BCUT2D eigenvalue weighted by Gasteiger charge is 2.15. The lowest BCUT2D eigenvalue weighted by molar-refractivity contribution is 0.198. The maximum absolute atomic E-state index is 9.07.